The Bertz CT molecular complexity index is 985. The van der Waals surface area contributed by atoms with Gasteiger partial charge in [-0.05, 0) is 55.3 Å². The molecule has 3 rings (SSSR count). The van der Waals surface area contributed by atoms with Crippen molar-refractivity contribution in [1.29, 1.82) is 0 Å². The Morgan fingerprint density at radius 1 is 1.03 bits per heavy atom. The monoisotopic (exact) mass is 479 g/mol. The van der Waals surface area contributed by atoms with Crippen LogP contribution in [0.1, 0.15) is 11.1 Å². The number of carbonyl (C=O) groups is 1. The third kappa shape index (κ3) is 4.82. The number of piperazine rings is 1. The quantitative estimate of drug-likeness (QED) is 0.660. The SMILES string of the molecule is Cc1cccc(N2CCN(C(=O)CN(C)S(=O)(=O)c3ccc(Br)cc3)CC2)c1C. The second-order valence-electron chi connectivity index (χ2n) is 7.30. The molecule has 1 fully saturated rings. The number of halogens is 1. The molecular weight excluding hydrogens is 454 g/mol. The van der Waals surface area contributed by atoms with Gasteiger partial charge in [0.15, 0.2) is 0 Å². The minimum absolute atomic E-state index is 0.165. The van der Waals surface area contributed by atoms with E-state index in [1.54, 1.807) is 17.0 Å². The lowest BCUT2D eigenvalue weighted by atomic mass is 10.1. The summed E-state index contributed by atoms with van der Waals surface area (Å²) in [5, 5.41) is 0. The highest BCUT2D eigenvalue weighted by atomic mass is 79.9. The average Bonchev–Trinajstić information content (AvgIpc) is 2.70. The van der Waals surface area contributed by atoms with Gasteiger partial charge < -0.3 is 9.80 Å². The van der Waals surface area contributed by atoms with Crippen LogP contribution in [0, 0.1) is 13.8 Å². The van der Waals surface area contributed by atoms with Crippen molar-refractivity contribution >= 4 is 37.5 Å². The standard InChI is InChI=1S/C21H26BrN3O3S/c1-16-5-4-6-20(17(16)2)24-11-13-25(14-12-24)21(26)15-23(3)29(27,28)19-9-7-18(22)8-10-19/h4-10H,11-15H2,1-3H3. The summed E-state index contributed by atoms with van der Waals surface area (Å²) >= 11 is 3.30. The lowest BCUT2D eigenvalue weighted by Gasteiger charge is -2.37. The normalized spacial score (nSPS) is 15.1. The number of amides is 1. The topological polar surface area (TPSA) is 60.9 Å². The highest BCUT2D eigenvalue weighted by Gasteiger charge is 2.27. The molecule has 0 bridgehead atoms. The predicted molar refractivity (Wildman–Crippen MR) is 119 cm³/mol. The third-order valence-electron chi connectivity index (χ3n) is 5.43. The van der Waals surface area contributed by atoms with E-state index in [4.69, 9.17) is 0 Å². The summed E-state index contributed by atoms with van der Waals surface area (Å²) in [4.78, 5) is 16.9. The molecule has 0 N–H and O–H groups in total. The second-order valence-corrected chi connectivity index (χ2v) is 10.3. The van der Waals surface area contributed by atoms with Gasteiger partial charge in [0.05, 0.1) is 11.4 Å². The minimum Gasteiger partial charge on any atom is -0.368 e. The van der Waals surface area contributed by atoms with Crippen LogP contribution in [-0.2, 0) is 14.8 Å². The maximum absolute atomic E-state index is 12.7. The van der Waals surface area contributed by atoms with Crippen molar-refractivity contribution < 1.29 is 13.2 Å². The first kappa shape index (κ1) is 21.8. The maximum atomic E-state index is 12.7. The number of nitrogens with zero attached hydrogens (tertiary/aromatic N) is 3. The van der Waals surface area contributed by atoms with Gasteiger partial charge in [0, 0.05) is 43.4 Å². The molecule has 1 heterocycles. The van der Waals surface area contributed by atoms with Crippen molar-refractivity contribution in [2.45, 2.75) is 18.7 Å². The van der Waals surface area contributed by atoms with Crippen LogP contribution in [0.25, 0.3) is 0 Å². The number of benzene rings is 2. The molecule has 2 aromatic rings. The van der Waals surface area contributed by atoms with E-state index in [0.717, 1.165) is 21.9 Å². The molecule has 2 aromatic carbocycles. The lowest BCUT2D eigenvalue weighted by molar-refractivity contribution is -0.131. The van der Waals surface area contributed by atoms with Crippen LogP contribution < -0.4 is 4.90 Å². The van der Waals surface area contributed by atoms with Gasteiger partial charge in [0.1, 0.15) is 0 Å². The Morgan fingerprint density at radius 2 is 1.66 bits per heavy atom. The summed E-state index contributed by atoms with van der Waals surface area (Å²) in [6, 6.07) is 12.7. The highest BCUT2D eigenvalue weighted by Crippen LogP contribution is 2.24. The molecule has 0 aromatic heterocycles. The van der Waals surface area contributed by atoms with Crippen molar-refractivity contribution in [3.8, 4) is 0 Å². The molecule has 0 saturated carbocycles. The third-order valence-corrected chi connectivity index (χ3v) is 7.78. The zero-order chi connectivity index (χ0) is 21.2. The summed E-state index contributed by atoms with van der Waals surface area (Å²) in [6.45, 7) is 6.68. The predicted octanol–water partition coefficient (Wildman–Crippen LogP) is 3.04. The summed E-state index contributed by atoms with van der Waals surface area (Å²) in [6.07, 6.45) is 0. The molecular formula is C21H26BrN3O3S. The van der Waals surface area contributed by atoms with E-state index >= 15 is 0 Å². The van der Waals surface area contributed by atoms with Gasteiger partial charge in [0.25, 0.3) is 0 Å². The molecule has 29 heavy (non-hydrogen) atoms. The number of likely N-dealkylation sites (N-methyl/N-ethyl adjacent to an activating group) is 1. The smallest absolute Gasteiger partial charge is 0.243 e. The molecule has 1 amide bonds. The van der Waals surface area contributed by atoms with Crippen LogP contribution in [0.3, 0.4) is 0 Å². The van der Waals surface area contributed by atoms with Gasteiger partial charge >= 0.3 is 0 Å². The molecule has 0 spiro atoms. The first-order chi connectivity index (χ1) is 13.7. The summed E-state index contributed by atoms with van der Waals surface area (Å²) < 4.78 is 27.3. The number of anilines is 1. The molecule has 0 atom stereocenters. The number of aryl methyl sites for hydroxylation is 1. The number of hydrogen-bond donors (Lipinski definition) is 0. The Kier molecular flexibility index (Phi) is 6.65. The fourth-order valence-corrected chi connectivity index (χ4v) is 4.82. The van der Waals surface area contributed by atoms with Crippen molar-refractivity contribution in [3.63, 3.8) is 0 Å². The van der Waals surface area contributed by atoms with Crippen molar-refractivity contribution in [2.24, 2.45) is 0 Å². The molecule has 156 valence electrons. The average molecular weight is 480 g/mol. The van der Waals surface area contributed by atoms with Gasteiger partial charge in [-0.15, -0.1) is 0 Å². The number of hydrogen-bond acceptors (Lipinski definition) is 4. The number of carbonyl (C=O) groups excluding carboxylic acids is 1. The second kappa shape index (κ2) is 8.85. The molecule has 0 aliphatic carbocycles. The molecule has 1 aliphatic rings. The van der Waals surface area contributed by atoms with Crippen LogP contribution in [0.2, 0.25) is 0 Å². The Morgan fingerprint density at radius 3 is 2.28 bits per heavy atom. The minimum atomic E-state index is -3.70. The number of rotatable bonds is 5. The molecule has 6 nitrogen and oxygen atoms in total. The van der Waals surface area contributed by atoms with E-state index in [9.17, 15) is 13.2 Å². The van der Waals surface area contributed by atoms with Gasteiger partial charge in [0.2, 0.25) is 15.9 Å². The Hall–Kier alpha value is -1.90. The maximum Gasteiger partial charge on any atom is 0.243 e. The summed E-state index contributed by atoms with van der Waals surface area (Å²) in [5.41, 5.74) is 3.71. The van der Waals surface area contributed by atoms with Crippen molar-refractivity contribution in [1.82, 2.24) is 9.21 Å². The summed E-state index contributed by atoms with van der Waals surface area (Å²) in [7, 11) is -2.25. The Balaban J connectivity index is 1.61. The first-order valence-electron chi connectivity index (χ1n) is 9.51. The largest absolute Gasteiger partial charge is 0.368 e. The van der Waals surface area contributed by atoms with Crippen LogP contribution in [0.15, 0.2) is 51.8 Å². The molecule has 1 saturated heterocycles. The fourth-order valence-electron chi connectivity index (χ4n) is 3.44. The molecule has 0 radical (unpaired) electrons. The summed E-state index contributed by atoms with van der Waals surface area (Å²) in [5.74, 6) is -0.172. The van der Waals surface area contributed by atoms with E-state index in [0.29, 0.717) is 13.1 Å². The highest BCUT2D eigenvalue weighted by molar-refractivity contribution is 9.10. The van der Waals surface area contributed by atoms with E-state index < -0.39 is 10.0 Å². The van der Waals surface area contributed by atoms with Crippen molar-refractivity contribution in [3.05, 3.63) is 58.1 Å². The van der Waals surface area contributed by atoms with Gasteiger partial charge in [-0.25, -0.2) is 8.42 Å². The van der Waals surface area contributed by atoms with Gasteiger partial charge in [-0.1, -0.05) is 28.1 Å². The van der Waals surface area contributed by atoms with Crippen LogP contribution >= 0.6 is 15.9 Å². The van der Waals surface area contributed by atoms with Gasteiger partial charge in [-0.3, -0.25) is 4.79 Å². The van der Waals surface area contributed by atoms with E-state index in [1.807, 2.05) is 0 Å². The van der Waals surface area contributed by atoms with Crippen LogP contribution in [-0.4, -0.2) is 63.3 Å². The van der Waals surface area contributed by atoms with E-state index in [1.165, 1.54) is 36.0 Å². The molecule has 1 aliphatic heterocycles. The van der Waals surface area contributed by atoms with Crippen molar-refractivity contribution in [2.75, 3.05) is 44.7 Å². The van der Waals surface area contributed by atoms with Crippen LogP contribution in [0.4, 0.5) is 5.69 Å². The lowest BCUT2D eigenvalue weighted by Crippen LogP contribution is -2.51. The van der Waals surface area contributed by atoms with E-state index in [2.05, 4.69) is 52.9 Å². The first-order valence-corrected chi connectivity index (χ1v) is 11.7. The fraction of sp³-hybridized carbons (Fsp3) is 0.381. The Labute approximate surface area is 181 Å². The van der Waals surface area contributed by atoms with Crippen LogP contribution in [0.5, 0.6) is 0 Å². The molecule has 8 heteroatoms. The zero-order valence-corrected chi connectivity index (χ0v) is 19.3. The zero-order valence-electron chi connectivity index (χ0n) is 16.9. The van der Waals surface area contributed by atoms with E-state index in [-0.39, 0.29) is 17.3 Å². The number of sulfonamides is 1. The molecule has 0 unspecified atom stereocenters. The van der Waals surface area contributed by atoms with Gasteiger partial charge in [-0.2, -0.15) is 4.31 Å².